The maximum Gasteiger partial charge on any atom is 0.303 e. The molecule has 0 bridgehead atoms. The lowest BCUT2D eigenvalue weighted by molar-refractivity contribution is -0.138. The lowest BCUT2D eigenvalue weighted by Crippen LogP contribution is -1.94. The Morgan fingerprint density at radius 1 is 0.615 bits per heavy atom. The van der Waals surface area contributed by atoms with E-state index in [1.54, 1.807) is 24.8 Å². The molecule has 2 aromatic rings. The number of nitrogens with zero attached hydrogens (tertiary/aromatic N) is 2. The van der Waals surface area contributed by atoms with Crippen molar-refractivity contribution in [2.75, 3.05) is 0 Å². The number of carboxylic acid groups (broad SMARTS) is 2. The van der Waals surface area contributed by atoms with E-state index in [9.17, 15) is 9.59 Å². The van der Waals surface area contributed by atoms with E-state index in [1.807, 2.05) is 24.3 Å². The molecule has 2 N–H and O–H groups in total. The summed E-state index contributed by atoms with van der Waals surface area (Å²) < 4.78 is 0. The molecular weight excluding hydrogens is 332 g/mol. The predicted molar refractivity (Wildman–Crippen MR) is 99.7 cm³/mol. The summed E-state index contributed by atoms with van der Waals surface area (Å²) in [6.07, 6.45) is 13.0. The van der Waals surface area contributed by atoms with E-state index in [-0.39, 0.29) is 12.8 Å². The molecule has 0 fully saturated rings. The van der Waals surface area contributed by atoms with Gasteiger partial charge in [0.05, 0.1) is 0 Å². The minimum Gasteiger partial charge on any atom is -0.481 e. The van der Waals surface area contributed by atoms with E-state index >= 15 is 0 Å². The van der Waals surface area contributed by atoms with Crippen molar-refractivity contribution < 1.29 is 19.8 Å². The van der Waals surface area contributed by atoms with E-state index < -0.39 is 11.9 Å². The Morgan fingerprint density at radius 2 is 0.923 bits per heavy atom. The van der Waals surface area contributed by atoms with Crippen LogP contribution in [0, 0.1) is 0 Å². The minimum atomic E-state index is -0.740. The van der Waals surface area contributed by atoms with Gasteiger partial charge in [0, 0.05) is 37.6 Å². The third-order valence-corrected chi connectivity index (χ3v) is 3.73. The molecule has 0 aliphatic rings. The van der Waals surface area contributed by atoms with Crippen LogP contribution in [0.15, 0.2) is 49.1 Å². The Morgan fingerprint density at radius 3 is 1.23 bits per heavy atom. The average molecular weight is 358 g/mol. The highest BCUT2D eigenvalue weighted by Crippen LogP contribution is 2.15. The van der Waals surface area contributed by atoms with Crippen molar-refractivity contribution in [3.05, 3.63) is 49.1 Å². The first-order valence-electron chi connectivity index (χ1n) is 8.83. The van der Waals surface area contributed by atoms with Gasteiger partial charge in [-0.15, -0.1) is 0 Å². The van der Waals surface area contributed by atoms with Gasteiger partial charge >= 0.3 is 11.9 Å². The zero-order valence-electron chi connectivity index (χ0n) is 14.9. The topological polar surface area (TPSA) is 100 Å². The van der Waals surface area contributed by atoms with Crippen LogP contribution in [-0.4, -0.2) is 32.1 Å². The zero-order valence-corrected chi connectivity index (χ0v) is 14.9. The molecule has 140 valence electrons. The van der Waals surface area contributed by atoms with Crippen molar-refractivity contribution in [3.63, 3.8) is 0 Å². The minimum absolute atomic E-state index is 0.245. The third kappa shape index (κ3) is 10.9. The highest BCUT2D eigenvalue weighted by molar-refractivity contribution is 5.66. The largest absolute Gasteiger partial charge is 0.481 e. The van der Waals surface area contributed by atoms with Crippen molar-refractivity contribution in [1.82, 2.24) is 9.97 Å². The molecule has 0 aliphatic heterocycles. The fourth-order valence-corrected chi connectivity index (χ4v) is 2.35. The SMILES string of the molecule is O=C(O)CCCCCCCCC(=O)O.c1cc(-c2ccncc2)ccn1. The number of carboxylic acids is 2. The zero-order chi connectivity index (χ0) is 19.0. The van der Waals surface area contributed by atoms with Gasteiger partial charge in [-0.1, -0.05) is 25.7 Å². The molecule has 26 heavy (non-hydrogen) atoms. The summed E-state index contributed by atoms with van der Waals surface area (Å²) in [5.74, 6) is -1.48. The molecule has 2 rings (SSSR count). The number of unbranched alkanes of at least 4 members (excludes halogenated alkanes) is 5. The Balaban J connectivity index is 0.000000262. The third-order valence-electron chi connectivity index (χ3n) is 3.73. The van der Waals surface area contributed by atoms with Crippen LogP contribution in [0.1, 0.15) is 51.4 Å². The molecule has 2 aromatic heterocycles. The predicted octanol–water partition coefficient (Wildman–Crippen LogP) is 4.42. The van der Waals surface area contributed by atoms with Crippen molar-refractivity contribution in [2.45, 2.75) is 51.4 Å². The van der Waals surface area contributed by atoms with Crippen molar-refractivity contribution in [1.29, 1.82) is 0 Å². The lowest BCUT2D eigenvalue weighted by Gasteiger charge is -1.98. The smallest absolute Gasteiger partial charge is 0.303 e. The lowest BCUT2D eigenvalue weighted by atomic mass is 10.1. The van der Waals surface area contributed by atoms with Crippen LogP contribution in [0.4, 0.5) is 0 Å². The molecular formula is C20H26N2O4. The first kappa shape index (κ1) is 21.3. The first-order chi connectivity index (χ1) is 12.6. The van der Waals surface area contributed by atoms with Gasteiger partial charge in [0.15, 0.2) is 0 Å². The number of hydrogen-bond acceptors (Lipinski definition) is 4. The molecule has 2 heterocycles. The summed E-state index contributed by atoms with van der Waals surface area (Å²) >= 11 is 0. The molecule has 0 amide bonds. The van der Waals surface area contributed by atoms with Gasteiger partial charge < -0.3 is 10.2 Å². The van der Waals surface area contributed by atoms with Crippen LogP contribution in [0.2, 0.25) is 0 Å². The highest BCUT2D eigenvalue weighted by atomic mass is 16.4. The molecule has 0 saturated heterocycles. The average Bonchev–Trinajstić information content (AvgIpc) is 2.65. The molecule has 0 atom stereocenters. The molecule has 0 saturated carbocycles. The Kier molecular flexibility index (Phi) is 11.1. The molecule has 0 spiro atoms. The van der Waals surface area contributed by atoms with Gasteiger partial charge in [0.2, 0.25) is 0 Å². The van der Waals surface area contributed by atoms with E-state index in [2.05, 4.69) is 9.97 Å². The van der Waals surface area contributed by atoms with Crippen LogP contribution in [0.5, 0.6) is 0 Å². The van der Waals surface area contributed by atoms with E-state index in [4.69, 9.17) is 10.2 Å². The summed E-state index contributed by atoms with van der Waals surface area (Å²) in [4.78, 5) is 28.2. The monoisotopic (exact) mass is 358 g/mol. The van der Waals surface area contributed by atoms with E-state index in [0.29, 0.717) is 0 Å². The van der Waals surface area contributed by atoms with Crippen molar-refractivity contribution >= 4 is 11.9 Å². The van der Waals surface area contributed by atoms with Gasteiger partial charge in [0.1, 0.15) is 0 Å². The first-order valence-corrected chi connectivity index (χ1v) is 8.83. The van der Waals surface area contributed by atoms with Crippen LogP contribution in [0.25, 0.3) is 11.1 Å². The summed E-state index contributed by atoms with van der Waals surface area (Å²) in [5, 5.41) is 16.7. The number of aliphatic carboxylic acids is 2. The van der Waals surface area contributed by atoms with E-state index in [0.717, 1.165) is 38.5 Å². The fraction of sp³-hybridized carbons (Fsp3) is 0.400. The van der Waals surface area contributed by atoms with Crippen LogP contribution < -0.4 is 0 Å². The number of pyridine rings is 2. The number of aromatic nitrogens is 2. The second-order valence-electron chi connectivity index (χ2n) is 5.88. The second-order valence-corrected chi connectivity index (χ2v) is 5.88. The maximum absolute atomic E-state index is 10.1. The van der Waals surface area contributed by atoms with Crippen LogP contribution in [-0.2, 0) is 9.59 Å². The standard InChI is InChI=1S/C10H8N2.C10H18O4/c1-5-11-6-2-9(1)10-3-7-12-8-4-10;11-9(12)7-5-3-1-2-4-6-8-10(13)14/h1-8H;1-8H2,(H,11,12)(H,13,14). The number of carbonyl (C=O) groups is 2. The molecule has 6 nitrogen and oxygen atoms in total. The van der Waals surface area contributed by atoms with Crippen LogP contribution >= 0.6 is 0 Å². The van der Waals surface area contributed by atoms with Gasteiger partial charge in [-0.25, -0.2) is 0 Å². The summed E-state index contributed by atoms with van der Waals surface area (Å²) in [6, 6.07) is 7.93. The summed E-state index contributed by atoms with van der Waals surface area (Å²) in [6.45, 7) is 0. The van der Waals surface area contributed by atoms with Gasteiger partial charge in [0.25, 0.3) is 0 Å². The van der Waals surface area contributed by atoms with Gasteiger partial charge in [-0.3, -0.25) is 19.6 Å². The number of rotatable bonds is 10. The summed E-state index contributed by atoms with van der Waals surface area (Å²) in [5.41, 5.74) is 2.35. The van der Waals surface area contributed by atoms with Crippen molar-refractivity contribution in [3.8, 4) is 11.1 Å². The van der Waals surface area contributed by atoms with Crippen LogP contribution in [0.3, 0.4) is 0 Å². The van der Waals surface area contributed by atoms with Crippen molar-refractivity contribution in [2.24, 2.45) is 0 Å². The normalized spacial score (nSPS) is 9.85. The molecule has 0 aromatic carbocycles. The maximum atomic E-state index is 10.1. The molecule has 0 unspecified atom stereocenters. The Labute approximate surface area is 153 Å². The Bertz CT molecular complexity index is 575. The Hall–Kier alpha value is -2.76. The highest BCUT2D eigenvalue weighted by Gasteiger charge is 1.98. The molecule has 0 radical (unpaired) electrons. The number of hydrogen-bond donors (Lipinski definition) is 2. The quantitative estimate of drug-likeness (QED) is 0.610. The van der Waals surface area contributed by atoms with E-state index in [1.165, 1.54) is 11.1 Å². The van der Waals surface area contributed by atoms with Gasteiger partial charge in [-0.2, -0.15) is 0 Å². The molecule has 6 heteroatoms. The van der Waals surface area contributed by atoms with Gasteiger partial charge in [-0.05, 0) is 48.2 Å². The fourth-order valence-electron chi connectivity index (χ4n) is 2.35. The molecule has 0 aliphatic carbocycles. The second kappa shape index (κ2) is 13.5. The summed E-state index contributed by atoms with van der Waals surface area (Å²) in [7, 11) is 0.